The number of amides is 2. The summed E-state index contributed by atoms with van der Waals surface area (Å²) < 4.78 is 6.16. The minimum atomic E-state index is -0.572. The van der Waals surface area contributed by atoms with E-state index in [0.29, 0.717) is 18.1 Å². The maximum absolute atomic E-state index is 13.1. The summed E-state index contributed by atoms with van der Waals surface area (Å²) in [5, 5.41) is 2.98. The fourth-order valence-electron chi connectivity index (χ4n) is 2.90. The van der Waals surface area contributed by atoms with Crippen LogP contribution in [0.2, 0.25) is 0 Å². The van der Waals surface area contributed by atoms with Crippen LogP contribution in [0, 0.1) is 0 Å². The second kappa shape index (κ2) is 11.6. The maximum Gasteiger partial charge on any atom is 0.242 e. The number of methoxy groups -OCH3 is 1. The number of nitrogens with zero attached hydrogens (tertiary/aromatic N) is 1. The largest absolute Gasteiger partial charge is 0.497 e. The highest BCUT2D eigenvalue weighted by Crippen LogP contribution is 2.19. The number of carbonyl (C=O) groups is 2. The average Bonchev–Trinajstić information content (AvgIpc) is 2.72. The van der Waals surface area contributed by atoms with E-state index in [-0.39, 0.29) is 17.4 Å². The molecule has 2 amide bonds. The van der Waals surface area contributed by atoms with Crippen molar-refractivity contribution in [3.63, 3.8) is 0 Å². The van der Waals surface area contributed by atoms with Crippen LogP contribution in [0.15, 0.2) is 53.0 Å². The molecule has 1 atom stereocenters. The van der Waals surface area contributed by atoms with Crippen LogP contribution in [-0.4, -0.2) is 41.2 Å². The zero-order valence-electron chi connectivity index (χ0n) is 18.8. The molecule has 0 aliphatic heterocycles. The monoisotopic (exact) mass is 506 g/mol. The van der Waals surface area contributed by atoms with E-state index >= 15 is 0 Å². The van der Waals surface area contributed by atoms with E-state index in [4.69, 9.17) is 4.74 Å². The lowest BCUT2D eigenvalue weighted by Crippen LogP contribution is -2.52. The van der Waals surface area contributed by atoms with Crippen LogP contribution in [0.3, 0.4) is 0 Å². The first-order chi connectivity index (χ1) is 14.6. The Hall–Kier alpha value is -1.99. The highest BCUT2D eigenvalue weighted by Gasteiger charge is 2.28. The zero-order chi connectivity index (χ0) is 23.0. The number of hydrogen-bond acceptors (Lipinski definition) is 4. The van der Waals surface area contributed by atoms with Crippen molar-refractivity contribution in [1.82, 2.24) is 10.2 Å². The molecule has 5 nitrogen and oxygen atoms in total. The molecule has 0 spiro atoms. The van der Waals surface area contributed by atoms with Crippen molar-refractivity contribution in [2.24, 2.45) is 0 Å². The van der Waals surface area contributed by atoms with Gasteiger partial charge in [-0.2, -0.15) is 0 Å². The first-order valence-electron chi connectivity index (χ1n) is 10.2. The minimum Gasteiger partial charge on any atom is -0.497 e. The van der Waals surface area contributed by atoms with Gasteiger partial charge >= 0.3 is 0 Å². The number of thioether (sulfide) groups is 1. The first kappa shape index (κ1) is 25.3. The van der Waals surface area contributed by atoms with Crippen LogP contribution in [0.5, 0.6) is 5.75 Å². The number of ether oxygens (including phenoxy) is 1. The highest BCUT2D eigenvalue weighted by molar-refractivity contribution is 9.10. The van der Waals surface area contributed by atoms with E-state index in [2.05, 4.69) is 21.2 Å². The summed E-state index contributed by atoms with van der Waals surface area (Å²) in [6.45, 7) is 7.97. The minimum absolute atomic E-state index is 0.0574. The predicted molar refractivity (Wildman–Crippen MR) is 131 cm³/mol. The smallest absolute Gasteiger partial charge is 0.242 e. The van der Waals surface area contributed by atoms with Crippen LogP contribution in [0.4, 0.5) is 0 Å². The van der Waals surface area contributed by atoms with Gasteiger partial charge in [-0.1, -0.05) is 40.2 Å². The molecule has 0 aliphatic rings. The molecule has 0 heterocycles. The molecule has 0 aromatic heterocycles. The molecule has 0 saturated heterocycles. The Kier molecular flexibility index (Phi) is 9.44. The number of halogens is 1. The van der Waals surface area contributed by atoms with Gasteiger partial charge < -0.3 is 15.0 Å². The summed E-state index contributed by atoms with van der Waals surface area (Å²) in [6.07, 6.45) is 0. The van der Waals surface area contributed by atoms with Gasteiger partial charge in [0.2, 0.25) is 11.8 Å². The normalized spacial score (nSPS) is 12.2. The molecule has 2 rings (SSSR count). The van der Waals surface area contributed by atoms with Crippen molar-refractivity contribution in [3.8, 4) is 5.75 Å². The molecule has 0 unspecified atom stereocenters. The number of benzene rings is 2. The number of carbonyl (C=O) groups excluding carboxylic acids is 2. The molecule has 31 heavy (non-hydrogen) atoms. The Bertz CT molecular complexity index is 864. The predicted octanol–water partition coefficient (Wildman–Crippen LogP) is 5.02. The molecule has 0 saturated carbocycles. The van der Waals surface area contributed by atoms with E-state index in [9.17, 15) is 9.59 Å². The van der Waals surface area contributed by atoms with Crippen LogP contribution in [-0.2, 0) is 21.9 Å². The Morgan fingerprint density at radius 1 is 1.06 bits per heavy atom. The van der Waals surface area contributed by atoms with Gasteiger partial charge in [-0.15, -0.1) is 11.8 Å². The summed E-state index contributed by atoms with van der Waals surface area (Å²) >= 11 is 4.98. The lowest BCUT2D eigenvalue weighted by atomic mass is 10.1. The van der Waals surface area contributed by atoms with Crippen molar-refractivity contribution in [2.75, 3.05) is 12.9 Å². The van der Waals surface area contributed by atoms with Crippen LogP contribution < -0.4 is 10.1 Å². The summed E-state index contributed by atoms with van der Waals surface area (Å²) in [5.74, 6) is 1.61. The van der Waals surface area contributed by atoms with Crippen LogP contribution in [0.1, 0.15) is 38.8 Å². The third-order valence-electron chi connectivity index (χ3n) is 4.58. The zero-order valence-corrected chi connectivity index (χ0v) is 21.2. The van der Waals surface area contributed by atoms with E-state index in [1.165, 1.54) is 0 Å². The second-order valence-corrected chi connectivity index (χ2v) is 10.3. The first-order valence-corrected chi connectivity index (χ1v) is 12.1. The molecular formula is C24H31BrN2O3S. The van der Waals surface area contributed by atoms with Gasteiger partial charge in [0, 0.05) is 22.3 Å². The SMILES string of the molecule is COc1ccc(CSCC(=O)N(Cc2ccc(Br)cc2)[C@@H](C)C(=O)NC(C)(C)C)cc1. The standard InChI is InChI=1S/C24H31BrN2O3S/c1-17(23(29)26-24(2,3)4)27(14-18-6-10-20(25)11-7-18)22(28)16-31-15-19-8-12-21(30-5)13-9-19/h6-13,17H,14-16H2,1-5H3,(H,26,29)/t17-/m0/s1. The van der Waals surface area contributed by atoms with Crippen molar-refractivity contribution in [2.45, 2.75) is 51.6 Å². The molecular weight excluding hydrogens is 476 g/mol. The molecule has 2 aromatic rings. The Balaban J connectivity index is 2.06. The summed E-state index contributed by atoms with van der Waals surface area (Å²) in [5.41, 5.74) is 1.74. The number of rotatable bonds is 9. The summed E-state index contributed by atoms with van der Waals surface area (Å²) in [6, 6.07) is 15.0. The van der Waals surface area contributed by atoms with E-state index in [0.717, 1.165) is 21.3 Å². The molecule has 168 valence electrons. The highest BCUT2D eigenvalue weighted by atomic mass is 79.9. The van der Waals surface area contributed by atoms with Gasteiger partial charge in [0.1, 0.15) is 11.8 Å². The van der Waals surface area contributed by atoms with Crippen LogP contribution in [0.25, 0.3) is 0 Å². The molecule has 0 bridgehead atoms. The molecule has 0 fully saturated rings. The fourth-order valence-corrected chi connectivity index (χ4v) is 4.04. The lowest BCUT2D eigenvalue weighted by molar-refractivity contribution is -0.139. The van der Waals surface area contributed by atoms with Gasteiger partial charge in [-0.05, 0) is 63.1 Å². The second-order valence-electron chi connectivity index (χ2n) is 8.40. The average molecular weight is 507 g/mol. The Morgan fingerprint density at radius 3 is 2.19 bits per heavy atom. The van der Waals surface area contributed by atoms with Crippen molar-refractivity contribution in [1.29, 1.82) is 0 Å². The van der Waals surface area contributed by atoms with Gasteiger partial charge in [0.15, 0.2) is 0 Å². The lowest BCUT2D eigenvalue weighted by Gasteiger charge is -2.31. The Morgan fingerprint density at radius 2 is 1.65 bits per heavy atom. The third-order valence-corrected chi connectivity index (χ3v) is 6.10. The summed E-state index contributed by atoms with van der Waals surface area (Å²) in [7, 11) is 1.64. The Labute approximate surface area is 198 Å². The van der Waals surface area contributed by atoms with Crippen molar-refractivity contribution in [3.05, 3.63) is 64.1 Å². The molecule has 2 aromatic carbocycles. The quantitative estimate of drug-likeness (QED) is 0.518. The van der Waals surface area contributed by atoms with Gasteiger partial charge in [-0.3, -0.25) is 9.59 Å². The number of nitrogens with one attached hydrogen (secondary N) is 1. The van der Waals surface area contributed by atoms with Crippen LogP contribution >= 0.6 is 27.7 Å². The third kappa shape index (κ3) is 8.57. The van der Waals surface area contributed by atoms with E-state index < -0.39 is 6.04 Å². The van der Waals surface area contributed by atoms with Crippen molar-refractivity contribution < 1.29 is 14.3 Å². The molecule has 1 N–H and O–H groups in total. The van der Waals surface area contributed by atoms with Gasteiger partial charge in [-0.25, -0.2) is 0 Å². The maximum atomic E-state index is 13.1. The molecule has 7 heteroatoms. The topological polar surface area (TPSA) is 58.6 Å². The summed E-state index contributed by atoms with van der Waals surface area (Å²) in [4.78, 5) is 27.5. The number of hydrogen-bond donors (Lipinski definition) is 1. The van der Waals surface area contributed by atoms with E-state index in [1.807, 2.05) is 69.3 Å². The molecule has 0 aliphatic carbocycles. The van der Waals surface area contributed by atoms with Crippen molar-refractivity contribution >= 4 is 39.5 Å². The van der Waals surface area contributed by atoms with Gasteiger partial charge in [0.25, 0.3) is 0 Å². The van der Waals surface area contributed by atoms with E-state index in [1.54, 1.807) is 30.7 Å². The molecule has 0 radical (unpaired) electrons. The fraction of sp³-hybridized carbons (Fsp3) is 0.417. The van der Waals surface area contributed by atoms with Gasteiger partial charge in [0.05, 0.1) is 12.9 Å².